The molecular weight excluding hydrogens is 434 g/mol. The first-order valence-corrected chi connectivity index (χ1v) is 12.1. The first-order valence-electron chi connectivity index (χ1n) is 9.07. The molecule has 1 aliphatic rings. The van der Waals surface area contributed by atoms with Crippen LogP contribution in [0.4, 0.5) is 0 Å². The molecule has 0 aliphatic carbocycles. The van der Waals surface area contributed by atoms with Gasteiger partial charge in [0.2, 0.25) is 5.91 Å². The van der Waals surface area contributed by atoms with Crippen LogP contribution in [0.1, 0.15) is 19.3 Å². The van der Waals surface area contributed by atoms with Crippen LogP contribution in [-0.4, -0.2) is 54.3 Å². The second kappa shape index (κ2) is 9.11. The van der Waals surface area contributed by atoms with Crippen LogP contribution >= 0.6 is 22.9 Å². The third kappa shape index (κ3) is 5.47. The molecule has 0 saturated carbocycles. The Morgan fingerprint density at radius 2 is 1.93 bits per heavy atom. The minimum Gasteiger partial charge on any atom is -0.342 e. The fourth-order valence-electron chi connectivity index (χ4n) is 3.18. The maximum Gasteiger partial charge on any atom is 0.263 e. The SMILES string of the molecule is C#CCn1c(=NC(=O)CS(=O)(=O)CC(=O)N2CCCCC2)sc2cc(Cl)ccc21. The molecule has 1 saturated heterocycles. The van der Waals surface area contributed by atoms with Crippen LogP contribution in [0.5, 0.6) is 0 Å². The smallest absolute Gasteiger partial charge is 0.263 e. The average molecular weight is 454 g/mol. The van der Waals surface area contributed by atoms with Gasteiger partial charge in [0, 0.05) is 18.1 Å². The monoisotopic (exact) mass is 453 g/mol. The number of carbonyl (C=O) groups is 2. The summed E-state index contributed by atoms with van der Waals surface area (Å²) < 4.78 is 27.1. The van der Waals surface area contributed by atoms with E-state index in [0.29, 0.717) is 22.9 Å². The second-order valence-corrected chi connectivity index (χ2v) is 10.3. The van der Waals surface area contributed by atoms with Gasteiger partial charge in [-0.2, -0.15) is 4.99 Å². The van der Waals surface area contributed by atoms with Crippen molar-refractivity contribution in [3.8, 4) is 12.3 Å². The number of terminal acetylenes is 1. The zero-order chi connectivity index (χ0) is 21.0. The molecule has 10 heteroatoms. The maximum atomic E-state index is 12.3. The Labute approximate surface area is 177 Å². The van der Waals surface area contributed by atoms with E-state index in [1.807, 2.05) is 0 Å². The highest BCUT2D eigenvalue weighted by atomic mass is 35.5. The summed E-state index contributed by atoms with van der Waals surface area (Å²) in [5.41, 5.74) is 0.757. The molecule has 1 aromatic heterocycles. The molecule has 1 fully saturated rings. The van der Waals surface area contributed by atoms with E-state index in [4.69, 9.17) is 18.0 Å². The minimum absolute atomic E-state index is 0.175. The van der Waals surface area contributed by atoms with Crippen molar-refractivity contribution in [1.29, 1.82) is 0 Å². The molecule has 0 unspecified atom stereocenters. The Hall–Kier alpha value is -2.15. The molecule has 7 nitrogen and oxygen atoms in total. The number of halogens is 1. The van der Waals surface area contributed by atoms with E-state index in [0.717, 1.165) is 29.5 Å². The fraction of sp³-hybridized carbons (Fsp3) is 0.421. The first kappa shape index (κ1) is 21.6. The van der Waals surface area contributed by atoms with Crippen LogP contribution in [0.25, 0.3) is 10.2 Å². The average Bonchev–Trinajstić information content (AvgIpc) is 2.98. The summed E-state index contributed by atoms with van der Waals surface area (Å²) >= 11 is 7.20. The van der Waals surface area contributed by atoms with Gasteiger partial charge < -0.3 is 9.47 Å². The lowest BCUT2D eigenvalue weighted by molar-refractivity contribution is -0.129. The van der Waals surface area contributed by atoms with Gasteiger partial charge in [0.05, 0.1) is 16.8 Å². The molecule has 0 N–H and O–H groups in total. The number of benzene rings is 1. The maximum absolute atomic E-state index is 12.3. The fourth-order valence-corrected chi connectivity index (χ4v) is 5.60. The Bertz CT molecular complexity index is 1150. The van der Waals surface area contributed by atoms with E-state index in [9.17, 15) is 18.0 Å². The van der Waals surface area contributed by atoms with Crippen LogP contribution in [-0.2, 0) is 26.0 Å². The lowest BCUT2D eigenvalue weighted by Crippen LogP contribution is -2.40. The second-order valence-electron chi connectivity index (χ2n) is 6.77. The van der Waals surface area contributed by atoms with Gasteiger partial charge in [0.15, 0.2) is 14.6 Å². The summed E-state index contributed by atoms with van der Waals surface area (Å²) in [6.07, 6.45) is 8.18. The van der Waals surface area contributed by atoms with E-state index >= 15 is 0 Å². The topological polar surface area (TPSA) is 88.8 Å². The number of amides is 2. The van der Waals surface area contributed by atoms with Crippen LogP contribution in [0, 0.1) is 12.3 Å². The number of hydrogen-bond acceptors (Lipinski definition) is 5. The van der Waals surface area contributed by atoms with Crippen molar-refractivity contribution in [3.05, 3.63) is 28.0 Å². The normalized spacial score (nSPS) is 15.4. The van der Waals surface area contributed by atoms with Gasteiger partial charge in [0.1, 0.15) is 11.5 Å². The lowest BCUT2D eigenvalue weighted by atomic mass is 10.1. The van der Waals surface area contributed by atoms with E-state index in [-0.39, 0.29) is 6.54 Å². The van der Waals surface area contributed by atoms with Gasteiger partial charge in [0.25, 0.3) is 5.91 Å². The molecule has 154 valence electrons. The molecule has 2 amide bonds. The molecular formula is C19H20ClN3O4S2. The van der Waals surface area contributed by atoms with Gasteiger partial charge in [-0.25, -0.2) is 8.42 Å². The third-order valence-corrected chi connectivity index (χ3v) is 7.16. The quantitative estimate of drug-likeness (QED) is 0.646. The highest BCUT2D eigenvalue weighted by molar-refractivity contribution is 7.92. The molecule has 1 aromatic carbocycles. The number of carbonyl (C=O) groups excluding carboxylic acids is 2. The van der Waals surface area contributed by atoms with Crippen molar-refractivity contribution in [2.24, 2.45) is 4.99 Å². The Kier molecular flexibility index (Phi) is 6.77. The Morgan fingerprint density at radius 3 is 2.62 bits per heavy atom. The predicted molar refractivity (Wildman–Crippen MR) is 113 cm³/mol. The third-order valence-electron chi connectivity index (χ3n) is 4.51. The predicted octanol–water partition coefficient (Wildman–Crippen LogP) is 1.84. The molecule has 0 bridgehead atoms. The summed E-state index contributed by atoms with van der Waals surface area (Å²) in [6.45, 7) is 1.29. The highest BCUT2D eigenvalue weighted by Gasteiger charge is 2.25. The summed E-state index contributed by atoms with van der Waals surface area (Å²) in [5, 5.41) is 0.531. The minimum atomic E-state index is -3.91. The summed E-state index contributed by atoms with van der Waals surface area (Å²) in [5.74, 6) is -0.299. The molecule has 0 atom stereocenters. The number of aromatic nitrogens is 1. The molecule has 2 heterocycles. The number of hydrogen-bond donors (Lipinski definition) is 0. The van der Waals surface area contributed by atoms with Crippen molar-refractivity contribution in [2.75, 3.05) is 24.6 Å². The molecule has 29 heavy (non-hydrogen) atoms. The van der Waals surface area contributed by atoms with E-state index < -0.39 is 33.2 Å². The summed E-state index contributed by atoms with van der Waals surface area (Å²) in [7, 11) is -3.91. The van der Waals surface area contributed by atoms with Gasteiger partial charge >= 0.3 is 0 Å². The summed E-state index contributed by atoms with van der Waals surface area (Å²) in [4.78, 5) is 30.3. The number of likely N-dealkylation sites (tertiary alicyclic amines) is 1. The largest absolute Gasteiger partial charge is 0.342 e. The number of sulfone groups is 1. The number of fused-ring (bicyclic) bond motifs is 1. The van der Waals surface area contributed by atoms with Crippen molar-refractivity contribution < 1.29 is 18.0 Å². The van der Waals surface area contributed by atoms with E-state index in [1.165, 1.54) is 11.3 Å². The van der Waals surface area contributed by atoms with Crippen molar-refractivity contribution in [2.45, 2.75) is 25.8 Å². The molecule has 3 rings (SSSR count). The molecule has 0 spiro atoms. The van der Waals surface area contributed by atoms with Crippen LogP contribution in [0.15, 0.2) is 23.2 Å². The van der Waals surface area contributed by atoms with Crippen molar-refractivity contribution >= 4 is 54.8 Å². The van der Waals surface area contributed by atoms with Gasteiger partial charge in [-0.15, -0.1) is 6.42 Å². The van der Waals surface area contributed by atoms with Crippen LogP contribution < -0.4 is 4.80 Å². The van der Waals surface area contributed by atoms with Gasteiger partial charge in [-0.1, -0.05) is 28.9 Å². The first-order chi connectivity index (χ1) is 13.8. The zero-order valence-electron chi connectivity index (χ0n) is 15.6. The van der Waals surface area contributed by atoms with Crippen LogP contribution in [0.2, 0.25) is 5.02 Å². The van der Waals surface area contributed by atoms with E-state index in [2.05, 4.69) is 10.9 Å². The van der Waals surface area contributed by atoms with Crippen LogP contribution in [0.3, 0.4) is 0 Å². The molecule has 2 aromatic rings. The Balaban J connectivity index is 1.80. The number of piperidine rings is 1. The molecule has 1 aliphatic heterocycles. The lowest BCUT2D eigenvalue weighted by Gasteiger charge is -2.26. The number of thiazole rings is 1. The molecule has 0 radical (unpaired) electrons. The van der Waals surface area contributed by atoms with E-state index in [1.54, 1.807) is 27.7 Å². The summed E-state index contributed by atoms with van der Waals surface area (Å²) in [6, 6.07) is 5.20. The van der Waals surface area contributed by atoms with Gasteiger partial charge in [-0.05, 0) is 37.5 Å². The number of nitrogens with zero attached hydrogens (tertiary/aromatic N) is 3. The van der Waals surface area contributed by atoms with Crippen molar-refractivity contribution in [3.63, 3.8) is 0 Å². The zero-order valence-corrected chi connectivity index (χ0v) is 18.0. The Morgan fingerprint density at radius 1 is 1.21 bits per heavy atom. The number of rotatable bonds is 5. The highest BCUT2D eigenvalue weighted by Crippen LogP contribution is 2.21. The van der Waals surface area contributed by atoms with Gasteiger partial charge in [-0.3, -0.25) is 9.59 Å². The van der Waals surface area contributed by atoms with Crippen molar-refractivity contribution in [1.82, 2.24) is 9.47 Å². The standard InChI is InChI=1S/C19H20ClN3O4S2/c1-2-8-23-15-7-6-14(20)11-16(15)28-19(23)21-17(24)12-29(26,27)13-18(25)22-9-4-3-5-10-22/h1,6-7,11H,3-5,8-10,12-13H2.